The van der Waals surface area contributed by atoms with Gasteiger partial charge in [-0.3, -0.25) is 10.6 Å². The maximum absolute atomic E-state index is 12.7. The third-order valence-electron chi connectivity index (χ3n) is 5.74. The number of Topliss-reactive ketones (excluding diaryl/α,β-unsaturated/α-hetero) is 1. The number of hydrogen-bond acceptors (Lipinski definition) is 14. The van der Waals surface area contributed by atoms with E-state index in [1.165, 1.54) is 13.0 Å². The van der Waals surface area contributed by atoms with Gasteiger partial charge in [0.25, 0.3) is 0 Å². The Balaban J connectivity index is 2.66. The van der Waals surface area contributed by atoms with E-state index in [2.05, 4.69) is 25.7 Å². The van der Waals surface area contributed by atoms with Gasteiger partial charge in [-0.25, -0.2) is 24.2 Å². The number of azide groups is 1. The highest BCUT2D eigenvalue weighted by atomic mass is 16.8. The molecule has 250 valence electrons. The van der Waals surface area contributed by atoms with Gasteiger partial charge in [-0.2, -0.15) is 0 Å². The maximum atomic E-state index is 12.7. The first-order valence-corrected chi connectivity index (χ1v) is 13.9. The van der Waals surface area contributed by atoms with Gasteiger partial charge in [0, 0.05) is 23.8 Å². The average Bonchev–Trinajstić information content (AvgIpc) is 3.32. The first-order valence-electron chi connectivity index (χ1n) is 13.9. The normalized spacial score (nSPS) is 21.7. The Morgan fingerprint density at radius 2 is 1.67 bits per heavy atom. The molecule has 2 N–H and O–H groups in total. The first kappa shape index (κ1) is 36.6. The molecule has 0 aromatic heterocycles. The number of ether oxygens (including phenoxy) is 7. The van der Waals surface area contributed by atoms with E-state index in [1.54, 1.807) is 41.5 Å². The summed E-state index contributed by atoms with van der Waals surface area (Å²) in [6, 6.07) is -1.16. The van der Waals surface area contributed by atoms with Crippen molar-refractivity contribution < 1.29 is 57.1 Å². The smallest absolute Gasteiger partial charge is 0.480 e. The van der Waals surface area contributed by atoms with E-state index >= 15 is 0 Å². The number of aliphatic imine (C=N–C) groups is 1. The highest BCUT2D eigenvalue weighted by Crippen LogP contribution is 2.35. The summed E-state index contributed by atoms with van der Waals surface area (Å²) in [5, 5.41) is 8.15. The molecular formula is C27H40N6O12. The molecule has 0 spiro atoms. The number of carbonyl (C=O) groups excluding carboxylic acids is 5. The molecule has 2 aliphatic rings. The van der Waals surface area contributed by atoms with Crippen molar-refractivity contribution in [3.63, 3.8) is 0 Å². The van der Waals surface area contributed by atoms with Crippen molar-refractivity contribution in [3.05, 3.63) is 22.3 Å². The Morgan fingerprint density at radius 1 is 1.07 bits per heavy atom. The number of esters is 1. The van der Waals surface area contributed by atoms with Crippen LogP contribution in [0, 0.1) is 5.92 Å². The standard InChI is InChI=1S/C27H40N6O12/c1-14(34)11-15-16(30-22(31-23(36)44-26(2,3)4)32-24(37)45-27(5,6)7)12-17(21(35)39-8)42-19(15)20(40-10-9-29-33-28)18-13-41-25(38)43-18/h12,15-16,18-20H,9-11,13H2,1-8H3,(H2,30,31,32,36,37)/t15-,16+,18-,19-,20-/m1/s1. The van der Waals surface area contributed by atoms with Crippen molar-refractivity contribution in [2.75, 3.05) is 26.9 Å². The van der Waals surface area contributed by atoms with Gasteiger partial charge in [-0.05, 0) is 60.1 Å². The van der Waals surface area contributed by atoms with Gasteiger partial charge in [-0.15, -0.1) is 0 Å². The maximum Gasteiger partial charge on any atom is 0.508 e. The second-order valence-electron chi connectivity index (χ2n) is 11.9. The molecule has 0 unspecified atom stereocenters. The van der Waals surface area contributed by atoms with Crippen molar-refractivity contribution in [1.82, 2.24) is 10.6 Å². The monoisotopic (exact) mass is 640 g/mol. The summed E-state index contributed by atoms with van der Waals surface area (Å²) < 4.78 is 37.5. The van der Waals surface area contributed by atoms with E-state index in [0.29, 0.717) is 0 Å². The van der Waals surface area contributed by atoms with Crippen LogP contribution < -0.4 is 10.6 Å². The number of carbonyl (C=O) groups is 5. The molecule has 2 heterocycles. The summed E-state index contributed by atoms with van der Waals surface area (Å²) >= 11 is 0. The van der Waals surface area contributed by atoms with Crippen LogP contribution in [0.25, 0.3) is 10.4 Å². The Bertz CT molecular complexity index is 1200. The molecule has 0 bridgehead atoms. The number of amides is 2. The van der Waals surface area contributed by atoms with E-state index in [4.69, 9.17) is 38.7 Å². The van der Waals surface area contributed by atoms with Gasteiger partial charge >= 0.3 is 24.3 Å². The van der Waals surface area contributed by atoms with Crippen LogP contribution in [0.15, 0.2) is 21.9 Å². The lowest BCUT2D eigenvalue weighted by molar-refractivity contribution is -0.154. The van der Waals surface area contributed by atoms with Crippen molar-refractivity contribution in [2.45, 2.75) is 90.4 Å². The van der Waals surface area contributed by atoms with Crippen LogP contribution in [0.1, 0.15) is 54.9 Å². The molecule has 0 aromatic rings. The number of ketones is 1. The molecule has 1 saturated heterocycles. The van der Waals surface area contributed by atoms with E-state index < -0.39 is 71.7 Å². The molecule has 2 rings (SSSR count). The Labute approximate surface area is 259 Å². The molecule has 2 amide bonds. The molecule has 0 radical (unpaired) electrons. The average molecular weight is 641 g/mol. The molecule has 0 aliphatic carbocycles. The van der Waals surface area contributed by atoms with Gasteiger partial charge in [0.1, 0.15) is 35.8 Å². The zero-order valence-corrected chi connectivity index (χ0v) is 26.5. The number of methoxy groups -OCH3 is 1. The minimum absolute atomic E-state index is 0.107. The van der Waals surface area contributed by atoms with Gasteiger partial charge < -0.3 is 38.0 Å². The van der Waals surface area contributed by atoms with Crippen LogP contribution in [0.3, 0.4) is 0 Å². The highest BCUT2D eigenvalue weighted by Gasteiger charge is 2.48. The fourth-order valence-corrected chi connectivity index (χ4v) is 4.21. The van der Waals surface area contributed by atoms with Gasteiger partial charge in [-0.1, -0.05) is 5.11 Å². The minimum atomic E-state index is -1.23. The summed E-state index contributed by atoms with van der Waals surface area (Å²) in [6.07, 6.45) is -5.37. The largest absolute Gasteiger partial charge is 0.508 e. The second-order valence-corrected chi connectivity index (χ2v) is 11.9. The zero-order chi connectivity index (χ0) is 33.9. The minimum Gasteiger partial charge on any atom is -0.480 e. The summed E-state index contributed by atoms with van der Waals surface area (Å²) in [7, 11) is 1.11. The zero-order valence-electron chi connectivity index (χ0n) is 26.5. The number of cyclic esters (lactones) is 2. The van der Waals surface area contributed by atoms with E-state index in [9.17, 15) is 24.0 Å². The van der Waals surface area contributed by atoms with E-state index in [0.717, 1.165) is 7.11 Å². The van der Waals surface area contributed by atoms with E-state index in [1.807, 2.05) is 0 Å². The van der Waals surface area contributed by atoms with Crippen LogP contribution in [-0.2, 0) is 42.7 Å². The quantitative estimate of drug-likeness (QED) is 0.0512. The van der Waals surface area contributed by atoms with E-state index in [-0.39, 0.29) is 37.7 Å². The number of guanidine groups is 1. The molecule has 1 fully saturated rings. The second kappa shape index (κ2) is 15.9. The van der Waals surface area contributed by atoms with Crippen LogP contribution in [0.4, 0.5) is 14.4 Å². The van der Waals surface area contributed by atoms with Gasteiger partial charge in [0.2, 0.25) is 11.7 Å². The third kappa shape index (κ3) is 12.5. The summed E-state index contributed by atoms with van der Waals surface area (Å²) in [5.41, 5.74) is 6.83. The van der Waals surface area contributed by atoms with Crippen LogP contribution in [0.2, 0.25) is 0 Å². The number of alkyl carbamates (subject to hydrolysis) is 2. The third-order valence-corrected chi connectivity index (χ3v) is 5.74. The summed E-state index contributed by atoms with van der Waals surface area (Å²) in [4.78, 5) is 69.7. The number of nitrogens with zero attached hydrogens (tertiary/aromatic N) is 4. The first-order chi connectivity index (χ1) is 20.9. The molecule has 18 nitrogen and oxygen atoms in total. The molecule has 45 heavy (non-hydrogen) atoms. The van der Waals surface area contributed by atoms with Gasteiger partial charge in [0.05, 0.1) is 19.8 Å². The lowest BCUT2D eigenvalue weighted by Crippen LogP contribution is -2.53. The molecule has 0 aromatic carbocycles. The Hall–Kier alpha value is -4.57. The SMILES string of the molecule is COC(=O)C1=C[C@H](N=C(NC(=O)OC(C)(C)C)NC(=O)OC(C)(C)C)[C@@H](CC(C)=O)[C@H]([C@H](OCCN=[N+]=[N-])[C@H]2COC(=O)O2)O1. The van der Waals surface area contributed by atoms with Crippen LogP contribution in [-0.4, -0.2) is 98.5 Å². The number of rotatable bonds is 10. The summed E-state index contributed by atoms with van der Waals surface area (Å²) in [6.45, 7) is 10.6. The lowest BCUT2D eigenvalue weighted by Gasteiger charge is -2.40. The lowest BCUT2D eigenvalue weighted by atomic mass is 9.82. The fraction of sp³-hybridized carbons (Fsp3) is 0.704. The topological polar surface area (TPSA) is 235 Å². The predicted octanol–water partition coefficient (Wildman–Crippen LogP) is 3.04. The summed E-state index contributed by atoms with van der Waals surface area (Å²) in [5.74, 6) is -2.97. The molecular weight excluding hydrogens is 600 g/mol. The fourth-order valence-electron chi connectivity index (χ4n) is 4.21. The van der Waals surface area contributed by atoms with Crippen molar-refractivity contribution in [2.24, 2.45) is 16.0 Å². The Morgan fingerprint density at radius 3 is 2.13 bits per heavy atom. The van der Waals surface area contributed by atoms with Crippen molar-refractivity contribution in [3.8, 4) is 0 Å². The molecule has 0 saturated carbocycles. The van der Waals surface area contributed by atoms with Crippen molar-refractivity contribution >= 4 is 36.1 Å². The molecule has 18 heteroatoms. The van der Waals surface area contributed by atoms with Crippen LogP contribution >= 0.6 is 0 Å². The number of nitrogens with one attached hydrogen (secondary N) is 2. The van der Waals surface area contributed by atoms with Gasteiger partial charge in [0.15, 0.2) is 6.10 Å². The van der Waals surface area contributed by atoms with Crippen molar-refractivity contribution in [1.29, 1.82) is 0 Å². The molecule has 5 atom stereocenters. The Kier molecular flexibility index (Phi) is 13.0. The number of hydrogen-bond donors (Lipinski definition) is 2. The molecule has 2 aliphatic heterocycles. The van der Waals surface area contributed by atoms with Crippen LogP contribution in [0.5, 0.6) is 0 Å². The predicted molar refractivity (Wildman–Crippen MR) is 154 cm³/mol. The highest BCUT2D eigenvalue weighted by molar-refractivity contribution is 6.01.